The fraction of sp³-hybridized carbons (Fsp3) is 0.455. The summed E-state index contributed by atoms with van der Waals surface area (Å²) in [5.74, 6) is 0. The SMILES string of the molecule is CCCCCc1c(N)cccc1S. The first-order chi connectivity index (χ1) is 6.25. The number of thiol groups is 1. The van der Waals surface area contributed by atoms with Gasteiger partial charge in [0.25, 0.3) is 0 Å². The molecule has 0 unspecified atom stereocenters. The molecule has 1 aromatic carbocycles. The van der Waals surface area contributed by atoms with Crippen LogP contribution in [0.25, 0.3) is 0 Å². The highest BCUT2D eigenvalue weighted by molar-refractivity contribution is 7.80. The van der Waals surface area contributed by atoms with Gasteiger partial charge in [-0.15, -0.1) is 12.6 Å². The maximum atomic E-state index is 5.85. The number of rotatable bonds is 4. The van der Waals surface area contributed by atoms with Crippen molar-refractivity contribution in [1.29, 1.82) is 0 Å². The summed E-state index contributed by atoms with van der Waals surface area (Å²) in [7, 11) is 0. The van der Waals surface area contributed by atoms with Gasteiger partial charge in [0, 0.05) is 10.6 Å². The molecule has 0 amide bonds. The number of unbranched alkanes of at least 4 members (excludes halogenated alkanes) is 2. The highest BCUT2D eigenvalue weighted by atomic mass is 32.1. The Bertz CT molecular complexity index is 251. The summed E-state index contributed by atoms with van der Waals surface area (Å²) < 4.78 is 0. The molecule has 0 heterocycles. The molecule has 2 N–H and O–H groups in total. The zero-order valence-electron chi connectivity index (χ0n) is 8.09. The summed E-state index contributed by atoms with van der Waals surface area (Å²) in [6, 6.07) is 5.89. The zero-order chi connectivity index (χ0) is 9.68. The molecule has 0 atom stereocenters. The molecule has 2 heteroatoms. The Kier molecular flexibility index (Phi) is 4.16. The number of benzene rings is 1. The van der Waals surface area contributed by atoms with Gasteiger partial charge in [0.15, 0.2) is 0 Å². The first-order valence-electron chi connectivity index (χ1n) is 4.82. The molecule has 0 aromatic heterocycles. The average molecular weight is 195 g/mol. The third-order valence-electron chi connectivity index (χ3n) is 2.22. The molecule has 0 fully saturated rings. The maximum Gasteiger partial charge on any atom is 0.0357 e. The quantitative estimate of drug-likeness (QED) is 0.430. The van der Waals surface area contributed by atoms with E-state index in [-0.39, 0.29) is 0 Å². The van der Waals surface area contributed by atoms with Gasteiger partial charge in [-0.25, -0.2) is 0 Å². The highest BCUT2D eigenvalue weighted by Gasteiger charge is 2.01. The second kappa shape index (κ2) is 5.18. The van der Waals surface area contributed by atoms with Crippen LogP contribution in [-0.2, 0) is 6.42 Å². The Labute approximate surface area is 85.8 Å². The van der Waals surface area contributed by atoms with Gasteiger partial charge in [0.2, 0.25) is 0 Å². The van der Waals surface area contributed by atoms with Gasteiger partial charge in [-0.05, 0) is 30.5 Å². The van der Waals surface area contributed by atoms with E-state index in [2.05, 4.69) is 19.6 Å². The Morgan fingerprint density at radius 1 is 1.31 bits per heavy atom. The summed E-state index contributed by atoms with van der Waals surface area (Å²) in [5, 5.41) is 0. The van der Waals surface area contributed by atoms with Crippen molar-refractivity contribution in [2.24, 2.45) is 0 Å². The molecule has 1 rings (SSSR count). The van der Waals surface area contributed by atoms with E-state index in [0.29, 0.717) is 0 Å². The molecule has 0 saturated carbocycles. The molecule has 0 saturated heterocycles. The van der Waals surface area contributed by atoms with Crippen LogP contribution in [0.4, 0.5) is 5.69 Å². The summed E-state index contributed by atoms with van der Waals surface area (Å²) in [5.41, 5.74) is 7.94. The van der Waals surface area contributed by atoms with E-state index in [0.717, 1.165) is 17.0 Å². The molecule has 1 aromatic rings. The Morgan fingerprint density at radius 3 is 2.69 bits per heavy atom. The lowest BCUT2D eigenvalue weighted by Crippen LogP contribution is -1.95. The van der Waals surface area contributed by atoms with Gasteiger partial charge < -0.3 is 5.73 Å². The second-order valence-electron chi connectivity index (χ2n) is 3.30. The number of nitrogen functional groups attached to an aromatic ring is 1. The van der Waals surface area contributed by atoms with Gasteiger partial charge in [-0.3, -0.25) is 0 Å². The van der Waals surface area contributed by atoms with E-state index in [1.165, 1.54) is 24.8 Å². The van der Waals surface area contributed by atoms with Gasteiger partial charge in [0.05, 0.1) is 0 Å². The molecule has 0 bridgehead atoms. The highest BCUT2D eigenvalue weighted by Crippen LogP contribution is 2.22. The van der Waals surface area contributed by atoms with E-state index >= 15 is 0 Å². The van der Waals surface area contributed by atoms with Crippen LogP contribution in [0.1, 0.15) is 31.7 Å². The third kappa shape index (κ3) is 2.96. The van der Waals surface area contributed by atoms with Crippen molar-refractivity contribution in [3.8, 4) is 0 Å². The minimum Gasteiger partial charge on any atom is -0.398 e. The van der Waals surface area contributed by atoms with E-state index in [4.69, 9.17) is 5.73 Å². The van der Waals surface area contributed by atoms with Crippen LogP contribution in [0.3, 0.4) is 0 Å². The summed E-state index contributed by atoms with van der Waals surface area (Å²) in [4.78, 5) is 1.02. The third-order valence-corrected chi connectivity index (χ3v) is 2.64. The molecule has 0 aliphatic carbocycles. The van der Waals surface area contributed by atoms with Crippen molar-refractivity contribution in [2.45, 2.75) is 37.5 Å². The van der Waals surface area contributed by atoms with Crippen LogP contribution in [0.5, 0.6) is 0 Å². The van der Waals surface area contributed by atoms with Crippen LogP contribution in [0.2, 0.25) is 0 Å². The number of nitrogens with two attached hydrogens (primary N) is 1. The Hall–Kier alpha value is -0.630. The fourth-order valence-corrected chi connectivity index (χ4v) is 1.74. The summed E-state index contributed by atoms with van der Waals surface area (Å²) in [6.45, 7) is 2.20. The van der Waals surface area contributed by atoms with Crippen LogP contribution in [0.15, 0.2) is 23.1 Å². The minimum absolute atomic E-state index is 0.878. The monoisotopic (exact) mass is 195 g/mol. The normalized spacial score (nSPS) is 10.3. The van der Waals surface area contributed by atoms with Crippen LogP contribution in [0, 0.1) is 0 Å². The molecule has 72 valence electrons. The van der Waals surface area contributed by atoms with Gasteiger partial charge >= 0.3 is 0 Å². The average Bonchev–Trinajstić information content (AvgIpc) is 2.10. The van der Waals surface area contributed by atoms with E-state index in [1.54, 1.807) is 0 Å². The molecular weight excluding hydrogens is 178 g/mol. The topological polar surface area (TPSA) is 26.0 Å². The van der Waals surface area contributed by atoms with Gasteiger partial charge in [-0.1, -0.05) is 25.8 Å². The van der Waals surface area contributed by atoms with Crippen molar-refractivity contribution in [2.75, 3.05) is 5.73 Å². The van der Waals surface area contributed by atoms with Crippen molar-refractivity contribution < 1.29 is 0 Å². The fourth-order valence-electron chi connectivity index (χ4n) is 1.42. The van der Waals surface area contributed by atoms with Gasteiger partial charge in [0.1, 0.15) is 0 Å². The smallest absolute Gasteiger partial charge is 0.0357 e. The first-order valence-corrected chi connectivity index (χ1v) is 5.26. The van der Waals surface area contributed by atoms with Crippen LogP contribution < -0.4 is 5.73 Å². The van der Waals surface area contributed by atoms with Crippen molar-refractivity contribution >= 4 is 18.3 Å². The predicted octanol–water partition coefficient (Wildman–Crippen LogP) is 3.29. The lowest BCUT2D eigenvalue weighted by molar-refractivity contribution is 0.713. The van der Waals surface area contributed by atoms with E-state index < -0.39 is 0 Å². The van der Waals surface area contributed by atoms with Crippen LogP contribution >= 0.6 is 12.6 Å². The van der Waals surface area contributed by atoms with Crippen molar-refractivity contribution in [1.82, 2.24) is 0 Å². The number of hydrogen-bond acceptors (Lipinski definition) is 2. The lowest BCUT2D eigenvalue weighted by atomic mass is 10.1. The largest absolute Gasteiger partial charge is 0.398 e. The molecule has 13 heavy (non-hydrogen) atoms. The standard InChI is InChI=1S/C11H17NS/c1-2-3-4-6-9-10(12)7-5-8-11(9)13/h5,7-8,13H,2-4,6,12H2,1H3. The first kappa shape index (κ1) is 10.5. The number of hydrogen-bond donors (Lipinski definition) is 2. The summed E-state index contributed by atoms with van der Waals surface area (Å²) >= 11 is 4.39. The minimum atomic E-state index is 0.878. The van der Waals surface area contributed by atoms with E-state index in [9.17, 15) is 0 Å². The molecule has 0 radical (unpaired) electrons. The van der Waals surface area contributed by atoms with Crippen LogP contribution in [-0.4, -0.2) is 0 Å². The predicted molar refractivity (Wildman–Crippen MR) is 61.3 cm³/mol. The van der Waals surface area contributed by atoms with E-state index in [1.807, 2.05) is 18.2 Å². The molecule has 1 nitrogen and oxygen atoms in total. The molecular formula is C11H17NS. The Morgan fingerprint density at radius 2 is 2.08 bits per heavy atom. The maximum absolute atomic E-state index is 5.85. The molecule has 0 aliphatic rings. The summed E-state index contributed by atoms with van der Waals surface area (Å²) in [6.07, 6.45) is 4.77. The second-order valence-corrected chi connectivity index (χ2v) is 3.78. The van der Waals surface area contributed by atoms with Crippen molar-refractivity contribution in [3.63, 3.8) is 0 Å². The Balaban J connectivity index is 2.64. The van der Waals surface area contributed by atoms with Crippen molar-refractivity contribution in [3.05, 3.63) is 23.8 Å². The molecule has 0 aliphatic heterocycles. The number of anilines is 1. The van der Waals surface area contributed by atoms with Gasteiger partial charge in [-0.2, -0.15) is 0 Å². The molecule has 0 spiro atoms. The zero-order valence-corrected chi connectivity index (χ0v) is 8.98. The lowest BCUT2D eigenvalue weighted by Gasteiger charge is -2.07.